The average molecular weight is 366 g/mol. The van der Waals surface area contributed by atoms with Crippen LogP contribution in [0.25, 0.3) is 0 Å². The molecule has 1 fully saturated rings. The SMILES string of the molecule is CCC(CC)(CN)NC(=O)C1CC1c1ccc(Cl)c(Cl)c1.Cl. The quantitative estimate of drug-likeness (QED) is 0.795. The van der Waals surface area contributed by atoms with Gasteiger partial charge in [-0.2, -0.15) is 0 Å². The Balaban J connectivity index is 0.00000242. The number of hydrogen-bond acceptors (Lipinski definition) is 2. The lowest BCUT2D eigenvalue weighted by Gasteiger charge is -2.31. The summed E-state index contributed by atoms with van der Waals surface area (Å²) in [6.07, 6.45) is 2.55. The third-order valence-corrected chi connectivity index (χ3v) is 5.37. The summed E-state index contributed by atoms with van der Waals surface area (Å²) in [5.74, 6) is 0.357. The number of rotatable bonds is 6. The molecule has 2 unspecified atom stereocenters. The summed E-state index contributed by atoms with van der Waals surface area (Å²) in [4.78, 5) is 12.4. The highest BCUT2D eigenvalue weighted by molar-refractivity contribution is 6.42. The molecule has 6 heteroatoms. The standard InChI is InChI=1S/C16H22Cl2N2O.ClH/c1-3-16(4-2,9-19)20-15(21)12-8-11(12)10-5-6-13(17)14(18)7-10;/h5-7,11-12H,3-4,8-9,19H2,1-2H3,(H,20,21);1H. The van der Waals surface area contributed by atoms with Crippen molar-refractivity contribution in [1.29, 1.82) is 0 Å². The molecule has 0 saturated heterocycles. The zero-order chi connectivity index (χ0) is 15.6. The normalized spacial score (nSPS) is 20.2. The minimum absolute atomic E-state index is 0. The van der Waals surface area contributed by atoms with Gasteiger partial charge in [0.1, 0.15) is 0 Å². The Bertz CT molecular complexity index is 524. The molecule has 22 heavy (non-hydrogen) atoms. The van der Waals surface area contributed by atoms with Gasteiger partial charge < -0.3 is 11.1 Å². The van der Waals surface area contributed by atoms with Crippen molar-refractivity contribution in [3.8, 4) is 0 Å². The first-order chi connectivity index (χ1) is 9.96. The smallest absolute Gasteiger partial charge is 0.224 e. The van der Waals surface area contributed by atoms with Gasteiger partial charge >= 0.3 is 0 Å². The van der Waals surface area contributed by atoms with Crippen molar-refractivity contribution >= 4 is 41.5 Å². The van der Waals surface area contributed by atoms with E-state index in [1.807, 2.05) is 12.1 Å². The summed E-state index contributed by atoms with van der Waals surface area (Å²) < 4.78 is 0. The molecule has 0 radical (unpaired) electrons. The predicted octanol–water partition coefficient (Wildman–Crippen LogP) is 4.15. The third-order valence-electron chi connectivity index (χ3n) is 4.63. The van der Waals surface area contributed by atoms with E-state index in [2.05, 4.69) is 19.2 Å². The van der Waals surface area contributed by atoms with Crippen LogP contribution in [0.15, 0.2) is 18.2 Å². The highest BCUT2D eigenvalue weighted by Gasteiger charge is 2.45. The second kappa shape index (κ2) is 7.87. The van der Waals surface area contributed by atoms with Crippen LogP contribution < -0.4 is 11.1 Å². The monoisotopic (exact) mass is 364 g/mol. The number of hydrogen-bond donors (Lipinski definition) is 2. The second-order valence-corrected chi connectivity index (χ2v) is 6.62. The van der Waals surface area contributed by atoms with Gasteiger partial charge in [0.15, 0.2) is 0 Å². The third kappa shape index (κ3) is 4.08. The number of nitrogens with two attached hydrogens (primary N) is 1. The first kappa shape index (κ1) is 19.6. The number of benzene rings is 1. The molecule has 1 aliphatic carbocycles. The van der Waals surface area contributed by atoms with E-state index in [0.29, 0.717) is 16.6 Å². The van der Waals surface area contributed by atoms with Crippen LogP contribution in [0, 0.1) is 5.92 Å². The van der Waals surface area contributed by atoms with Gasteiger partial charge in [0.25, 0.3) is 0 Å². The maximum absolute atomic E-state index is 12.4. The van der Waals surface area contributed by atoms with Crippen molar-refractivity contribution in [3.63, 3.8) is 0 Å². The fourth-order valence-corrected chi connectivity index (χ4v) is 3.02. The summed E-state index contributed by atoms with van der Waals surface area (Å²) in [6.45, 7) is 4.58. The molecule has 1 amide bonds. The molecule has 124 valence electrons. The maximum Gasteiger partial charge on any atom is 0.224 e. The summed E-state index contributed by atoms with van der Waals surface area (Å²) in [5.41, 5.74) is 6.64. The van der Waals surface area contributed by atoms with Crippen LogP contribution >= 0.6 is 35.6 Å². The van der Waals surface area contributed by atoms with E-state index in [4.69, 9.17) is 28.9 Å². The lowest BCUT2D eigenvalue weighted by Crippen LogP contribution is -2.53. The summed E-state index contributed by atoms with van der Waals surface area (Å²) in [6, 6.07) is 5.59. The van der Waals surface area contributed by atoms with Gasteiger partial charge in [0.05, 0.1) is 15.6 Å². The molecule has 0 heterocycles. The Labute approximate surface area is 148 Å². The van der Waals surface area contributed by atoms with Gasteiger partial charge in [-0.05, 0) is 42.9 Å². The lowest BCUT2D eigenvalue weighted by atomic mass is 9.92. The maximum atomic E-state index is 12.4. The Kier molecular flexibility index (Phi) is 7.00. The first-order valence-corrected chi connectivity index (χ1v) is 8.19. The van der Waals surface area contributed by atoms with E-state index >= 15 is 0 Å². The van der Waals surface area contributed by atoms with Crippen molar-refractivity contribution < 1.29 is 4.79 Å². The highest BCUT2D eigenvalue weighted by atomic mass is 35.5. The van der Waals surface area contributed by atoms with E-state index in [1.165, 1.54) is 0 Å². The fourth-order valence-electron chi connectivity index (χ4n) is 2.72. The first-order valence-electron chi connectivity index (χ1n) is 7.43. The molecule has 0 aromatic heterocycles. The number of carbonyl (C=O) groups excluding carboxylic acids is 1. The van der Waals surface area contributed by atoms with Crippen LogP contribution in [0.3, 0.4) is 0 Å². The summed E-state index contributed by atoms with van der Waals surface area (Å²) >= 11 is 12.0. The van der Waals surface area contributed by atoms with Crippen molar-refractivity contribution in [2.75, 3.05) is 6.54 Å². The van der Waals surface area contributed by atoms with Gasteiger partial charge in [-0.1, -0.05) is 43.1 Å². The molecule has 0 bridgehead atoms. The highest BCUT2D eigenvalue weighted by Crippen LogP contribution is 2.48. The zero-order valence-corrected chi connectivity index (χ0v) is 15.2. The molecule has 3 N–H and O–H groups in total. The van der Waals surface area contributed by atoms with Crippen LogP contribution in [0.1, 0.15) is 44.6 Å². The summed E-state index contributed by atoms with van der Waals surface area (Å²) in [5, 5.41) is 4.23. The van der Waals surface area contributed by atoms with Crippen LogP contribution in [0.4, 0.5) is 0 Å². The van der Waals surface area contributed by atoms with Gasteiger partial charge in [-0.3, -0.25) is 4.79 Å². The van der Waals surface area contributed by atoms with Gasteiger partial charge in [-0.25, -0.2) is 0 Å². The average Bonchev–Trinajstić information content (AvgIpc) is 3.28. The Morgan fingerprint density at radius 2 is 1.95 bits per heavy atom. The topological polar surface area (TPSA) is 55.1 Å². The molecule has 2 atom stereocenters. The molecular weight excluding hydrogens is 343 g/mol. The van der Waals surface area contributed by atoms with Gasteiger partial charge in [-0.15, -0.1) is 12.4 Å². The molecule has 1 aromatic carbocycles. The van der Waals surface area contributed by atoms with E-state index in [0.717, 1.165) is 24.8 Å². The van der Waals surface area contributed by atoms with Crippen molar-refractivity contribution in [2.24, 2.45) is 11.7 Å². The molecule has 0 aliphatic heterocycles. The lowest BCUT2D eigenvalue weighted by molar-refractivity contribution is -0.124. The number of carbonyl (C=O) groups is 1. The molecule has 2 rings (SSSR count). The second-order valence-electron chi connectivity index (χ2n) is 5.80. The Morgan fingerprint density at radius 1 is 1.32 bits per heavy atom. The van der Waals surface area contributed by atoms with Crippen LogP contribution in [-0.2, 0) is 4.79 Å². The minimum Gasteiger partial charge on any atom is -0.349 e. The van der Waals surface area contributed by atoms with Gasteiger partial charge in [0, 0.05) is 12.5 Å². The number of amides is 1. The molecule has 3 nitrogen and oxygen atoms in total. The zero-order valence-electron chi connectivity index (χ0n) is 12.9. The fraction of sp³-hybridized carbons (Fsp3) is 0.562. The predicted molar refractivity (Wildman–Crippen MR) is 95.1 cm³/mol. The van der Waals surface area contributed by atoms with Crippen LogP contribution in [0.2, 0.25) is 10.0 Å². The summed E-state index contributed by atoms with van der Waals surface area (Å²) in [7, 11) is 0. The molecule has 1 aliphatic rings. The number of nitrogens with one attached hydrogen (secondary N) is 1. The van der Waals surface area contributed by atoms with E-state index in [9.17, 15) is 4.79 Å². The molecule has 1 aromatic rings. The molecule has 1 saturated carbocycles. The largest absolute Gasteiger partial charge is 0.349 e. The minimum atomic E-state index is -0.276. The van der Waals surface area contributed by atoms with Crippen LogP contribution in [0.5, 0.6) is 0 Å². The van der Waals surface area contributed by atoms with E-state index < -0.39 is 0 Å². The Hall–Kier alpha value is -0.480. The van der Waals surface area contributed by atoms with E-state index in [-0.39, 0.29) is 35.7 Å². The van der Waals surface area contributed by atoms with E-state index in [1.54, 1.807) is 6.07 Å². The van der Waals surface area contributed by atoms with Crippen molar-refractivity contribution in [3.05, 3.63) is 33.8 Å². The Morgan fingerprint density at radius 3 is 2.45 bits per heavy atom. The van der Waals surface area contributed by atoms with Gasteiger partial charge in [0.2, 0.25) is 5.91 Å². The molecule has 0 spiro atoms. The molecular formula is C16H23Cl3N2O. The van der Waals surface area contributed by atoms with Crippen molar-refractivity contribution in [2.45, 2.75) is 44.6 Å². The number of halogens is 3. The van der Waals surface area contributed by atoms with Crippen LogP contribution in [-0.4, -0.2) is 18.0 Å². The van der Waals surface area contributed by atoms with Crippen molar-refractivity contribution in [1.82, 2.24) is 5.32 Å².